The zero-order valence-electron chi connectivity index (χ0n) is 9.26. The molecule has 0 unspecified atom stereocenters. The first kappa shape index (κ1) is 12.5. The molecule has 0 saturated carbocycles. The summed E-state index contributed by atoms with van der Waals surface area (Å²) in [5.74, 6) is 0. The molecule has 0 amide bonds. The van der Waals surface area contributed by atoms with Crippen LogP contribution < -0.4 is 11.1 Å². The number of nitrogens with two attached hydrogens (primary N) is 1. The van der Waals surface area contributed by atoms with Gasteiger partial charge in [0.05, 0.1) is 0 Å². The topological polar surface area (TPSA) is 41.3 Å². The van der Waals surface area contributed by atoms with E-state index in [1.54, 1.807) is 0 Å². The normalized spacial score (nSPS) is 10.7. The Kier molecular flexibility index (Phi) is 5.08. The van der Waals surface area contributed by atoms with Crippen molar-refractivity contribution in [1.29, 1.82) is 0 Å². The zero-order chi connectivity index (χ0) is 11.3. The van der Waals surface area contributed by atoms with Gasteiger partial charge in [-0.25, -0.2) is 0 Å². The Morgan fingerprint density at radius 2 is 2.13 bits per heavy atom. The zero-order valence-corrected chi connectivity index (χ0v) is 10.8. The van der Waals surface area contributed by atoms with E-state index in [1.807, 2.05) is 6.07 Å². The van der Waals surface area contributed by atoms with E-state index in [0.29, 0.717) is 6.54 Å². The summed E-state index contributed by atoms with van der Waals surface area (Å²) >= 11 is 3.50. The lowest BCUT2D eigenvalue weighted by atomic mass is 10.2. The lowest BCUT2D eigenvalue weighted by molar-refractivity contribution is 0.425. The molecule has 1 aromatic rings. The van der Waals surface area contributed by atoms with Gasteiger partial charge in [-0.05, 0) is 31.8 Å². The van der Waals surface area contributed by atoms with Crippen LogP contribution in [0.2, 0.25) is 0 Å². The fourth-order valence-corrected chi connectivity index (χ4v) is 1.79. The molecule has 0 aliphatic heterocycles. The van der Waals surface area contributed by atoms with Crippen molar-refractivity contribution in [3.05, 3.63) is 28.2 Å². The second-order valence-corrected chi connectivity index (χ2v) is 4.59. The number of hydrogen-bond acceptors (Lipinski definition) is 3. The third kappa shape index (κ3) is 4.20. The van der Waals surface area contributed by atoms with E-state index < -0.39 is 0 Å². The number of likely N-dealkylation sites (N-methyl/N-ethyl adjacent to an activating group) is 1. The summed E-state index contributed by atoms with van der Waals surface area (Å²) in [7, 11) is 4.13. The van der Waals surface area contributed by atoms with Crippen molar-refractivity contribution in [3.8, 4) is 0 Å². The highest BCUT2D eigenvalue weighted by Gasteiger charge is 1.99. The summed E-state index contributed by atoms with van der Waals surface area (Å²) in [5.41, 5.74) is 7.84. The lowest BCUT2D eigenvalue weighted by Crippen LogP contribution is -2.20. The number of halogens is 1. The van der Waals surface area contributed by atoms with Crippen molar-refractivity contribution in [2.45, 2.75) is 6.54 Å². The molecular formula is C11H18BrN3. The molecule has 0 fully saturated rings. The molecule has 0 aliphatic rings. The van der Waals surface area contributed by atoms with Gasteiger partial charge in [-0.3, -0.25) is 0 Å². The molecule has 0 heterocycles. The molecule has 0 spiro atoms. The molecule has 0 aliphatic carbocycles. The predicted octanol–water partition coefficient (Wildman–Crippen LogP) is 1.88. The minimum Gasteiger partial charge on any atom is -0.384 e. The lowest BCUT2D eigenvalue weighted by Gasteiger charge is -2.12. The molecule has 3 N–H and O–H groups in total. The smallest absolute Gasteiger partial charge is 0.0352 e. The highest BCUT2D eigenvalue weighted by molar-refractivity contribution is 9.10. The average Bonchev–Trinajstić information content (AvgIpc) is 2.17. The molecule has 84 valence electrons. The molecule has 3 nitrogen and oxygen atoms in total. The number of benzene rings is 1. The molecule has 1 rings (SSSR count). The molecule has 15 heavy (non-hydrogen) atoms. The van der Waals surface area contributed by atoms with Crippen molar-refractivity contribution < 1.29 is 0 Å². The molecule has 1 aromatic carbocycles. The molecule has 4 heteroatoms. The van der Waals surface area contributed by atoms with Crippen LogP contribution >= 0.6 is 15.9 Å². The van der Waals surface area contributed by atoms with E-state index in [1.165, 1.54) is 0 Å². The van der Waals surface area contributed by atoms with Gasteiger partial charge in [0.2, 0.25) is 0 Å². The van der Waals surface area contributed by atoms with Crippen LogP contribution in [0.4, 0.5) is 5.69 Å². The van der Waals surface area contributed by atoms with Gasteiger partial charge in [-0.2, -0.15) is 0 Å². The number of nitrogens with one attached hydrogen (secondary N) is 1. The van der Waals surface area contributed by atoms with Gasteiger partial charge in [0.25, 0.3) is 0 Å². The van der Waals surface area contributed by atoms with E-state index in [2.05, 4.69) is 52.4 Å². The minimum absolute atomic E-state index is 0.568. The first-order valence-electron chi connectivity index (χ1n) is 5.00. The van der Waals surface area contributed by atoms with Gasteiger partial charge in [0.1, 0.15) is 0 Å². The van der Waals surface area contributed by atoms with Crippen molar-refractivity contribution in [1.82, 2.24) is 4.90 Å². The van der Waals surface area contributed by atoms with Crippen LogP contribution in [-0.4, -0.2) is 32.1 Å². The van der Waals surface area contributed by atoms with Gasteiger partial charge in [0.15, 0.2) is 0 Å². The molecule has 0 atom stereocenters. The summed E-state index contributed by atoms with van der Waals surface area (Å²) in [6.07, 6.45) is 0. The monoisotopic (exact) mass is 271 g/mol. The SMILES string of the molecule is CN(C)CCNc1ccc(CN)c(Br)c1. The van der Waals surface area contributed by atoms with Gasteiger partial charge in [0, 0.05) is 29.8 Å². The fraction of sp³-hybridized carbons (Fsp3) is 0.455. The summed E-state index contributed by atoms with van der Waals surface area (Å²) < 4.78 is 1.07. The number of hydrogen-bond donors (Lipinski definition) is 2. The van der Waals surface area contributed by atoms with Crippen molar-refractivity contribution in [2.75, 3.05) is 32.5 Å². The van der Waals surface area contributed by atoms with E-state index >= 15 is 0 Å². The number of rotatable bonds is 5. The van der Waals surface area contributed by atoms with E-state index in [9.17, 15) is 0 Å². The highest BCUT2D eigenvalue weighted by Crippen LogP contribution is 2.20. The van der Waals surface area contributed by atoms with Gasteiger partial charge in [-0.15, -0.1) is 0 Å². The first-order chi connectivity index (χ1) is 7.13. The highest BCUT2D eigenvalue weighted by atomic mass is 79.9. The van der Waals surface area contributed by atoms with Crippen LogP contribution in [0.3, 0.4) is 0 Å². The Balaban J connectivity index is 2.52. The maximum absolute atomic E-state index is 5.58. The van der Waals surface area contributed by atoms with Crippen molar-refractivity contribution >= 4 is 21.6 Å². The van der Waals surface area contributed by atoms with Crippen molar-refractivity contribution in [3.63, 3.8) is 0 Å². The van der Waals surface area contributed by atoms with Crippen LogP contribution in [0, 0.1) is 0 Å². The van der Waals surface area contributed by atoms with Crippen LogP contribution in [-0.2, 0) is 6.54 Å². The van der Waals surface area contributed by atoms with E-state index in [-0.39, 0.29) is 0 Å². The maximum atomic E-state index is 5.58. The number of nitrogens with zero attached hydrogens (tertiary/aromatic N) is 1. The standard InChI is InChI=1S/C11H18BrN3/c1-15(2)6-5-14-10-4-3-9(8-13)11(12)7-10/h3-4,7,14H,5-6,8,13H2,1-2H3. The first-order valence-corrected chi connectivity index (χ1v) is 5.80. The fourth-order valence-electron chi connectivity index (χ4n) is 1.25. The van der Waals surface area contributed by atoms with Crippen LogP contribution in [0.1, 0.15) is 5.56 Å². The molecule has 0 radical (unpaired) electrons. The second-order valence-electron chi connectivity index (χ2n) is 3.74. The third-order valence-corrected chi connectivity index (χ3v) is 2.90. The van der Waals surface area contributed by atoms with Gasteiger partial charge >= 0.3 is 0 Å². The summed E-state index contributed by atoms with van der Waals surface area (Å²) in [6, 6.07) is 6.17. The summed E-state index contributed by atoms with van der Waals surface area (Å²) in [4.78, 5) is 2.15. The number of anilines is 1. The predicted molar refractivity (Wildman–Crippen MR) is 69.1 cm³/mol. The summed E-state index contributed by atoms with van der Waals surface area (Å²) in [6.45, 7) is 2.54. The Bertz CT molecular complexity index is 313. The van der Waals surface area contributed by atoms with Gasteiger partial charge < -0.3 is 16.0 Å². The largest absolute Gasteiger partial charge is 0.384 e. The molecular weight excluding hydrogens is 254 g/mol. The Labute approximate surface area is 99.8 Å². The Morgan fingerprint density at radius 1 is 1.40 bits per heavy atom. The third-order valence-electron chi connectivity index (χ3n) is 2.16. The molecule has 0 saturated heterocycles. The van der Waals surface area contributed by atoms with Crippen LogP contribution in [0.15, 0.2) is 22.7 Å². The van der Waals surface area contributed by atoms with Gasteiger partial charge in [-0.1, -0.05) is 22.0 Å². The van der Waals surface area contributed by atoms with E-state index in [4.69, 9.17) is 5.73 Å². The molecule has 0 bridgehead atoms. The van der Waals surface area contributed by atoms with E-state index in [0.717, 1.165) is 28.8 Å². The maximum Gasteiger partial charge on any atom is 0.0352 e. The average molecular weight is 272 g/mol. The Morgan fingerprint density at radius 3 is 2.67 bits per heavy atom. The van der Waals surface area contributed by atoms with Crippen LogP contribution in [0.5, 0.6) is 0 Å². The Hall–Kier alpha value is -0.580. The second kappa shape index (κ2) is 6.10. The van der Waals surface area contributed by atoms with Crippen molar-refractivity contribution in [2.24, 2.45) is 5.73 Å². The minimum atomic E-state index is 0.568. The molecule has 0 aromatic heterocycles. The summed E-state index contributed by atoms with van der Waals surface area (Å²) in [5, 5.41) is 3.36. The van der Waals surface area contributed by atoms with Crippen LogP contribution in [0.25, 0.3) is 0 Å². The quantitative estimate of drug-likeness (QED) is 0.860.